The number of piperidine rings is 1. The lowest BCUT2D eigenvalue weighted by Crippen LogP contribution is -2.51. The molecule has 0 aromatic carbocycles. The van der Waals surface area contributed by atoms with Crippen LogP contribution in [0.3, 0.4) is 0 Å². The molecule has 1 aromatic rings. The highest BCUT2D eigenvalue weighted by molar-refractivity contribution is 5.93. The molecule has 1 aliphatic rings. The summed E-state index contributed by atoms with van der Waals surface area (Å²) in [6.07, 6.45) is 3.41. The third-order valence-corrected chi connectivity index (χ3v) is 3.68. The van der Waals surface area contributed by atoms with Gasteiger partial charge in [0.05, 0.1) is 12.1 Å². The lowest BCUT2D eigenvalue weighted by atomic mass is 9.89. The molecule has 1 unspecified atom stereocenters. The Balaban J connectivity index is 2.06. The predicted octanol–water partition coefficient (Wildman–Crippen LogP) is 0.761. The van der Waals surface area contributed by atoms with E-state index in [-0.39, 0.29) is 17.9 Å². The van der Waals surface area contributed by atoms with Crippen molar-refractivity contribution in [3.8, 4) is 11.8 Å². The van der Waals surface area contributed by atoms with E-state index in [1.54, 1.807) is 15.8 Å². The van der Waals surface area contributed by atoms with Crippen LogP contribution in [0, 0.1) is 17.3 Å². The molecule has 1 amide bonds. The topological polar surface area (TPSA) is 71.2 Å². The average molecular weight is 304 g/mol. The summed E-state index contributed by atoms with van der Waals surface area (Å²) in [5.41, 5.74) is -1.17. The molecule has 0 radical (unpaired) electrons. The van der Waals surface area contributed by atoms with Crippen molar-refractivity contribution in [2.75, 3.05) is 13.1 Å². The quantitative estimate of drug-likeness (QED) is 0.819. The minimum Gasteiger partial charge on any atom is -0.388 e. The first-order valence-corrected chi connectivity index (χ1v) is 7.56. The van der Waals surface area contributed by atoms with E-state index < -0.39 is 5.60 Å². The number of aliphatic hydroxyl groups is 1. The monoisotopic (exact) mass is 304 g/mol. The summed E-state index contributed by atoms with van der Waals surface area (Å²) in [6, 6.07) is 0. The normalized spacial score (nSPS) is 22.1. The Hall–Kier alpha value is -1.87. The van der Waals surface area contributed by atoms with E-state index in [1.807, 2.05) is 27.8 Å². The minimum absolute atomic E-state index is 0.208. The van der Waals surface area contributed by atoms with E-state index in [1.165, 1.54) is 0 Å². The van der Waals surface area contributed by atoms with Crippen molar-refractivity contribution in [3.63, 3.8) is 0 Å². The van der Waals surface area contributed by atoms with Gasteiger partial charge in [0.25, 0.3) is 5.91 Å². The van der Waals surface area contributed by atoms with E-state index in [4.69, 9.17) is 0 Å². The molecule has 6 nitrogen and oxygen atoms in total. The number of amides is 1. The maximum atomic E-state index is 12.2. The predicted molar refractivity (Wildman–Crippen MR) is 82.7 cm³/mol. The van der Waals surface area contributed by atoms with Gasteiger partial charge in [0, 0.05) is 25.4 Å². The highest BCUT2D eigenvalue weighted by Crippen LogP contribution is 2.24. The van der Waals surface area contributed by atoms with Crippen LogP contribution in [-0.4, -0.2) is 49.4 Å². The van der Waals surface area contributed by atoms with Crippen LogP contribution in [0.1, 0.15) is 39.4 Å². The van der Waals surface area contributed by atoms with Gasteiger partial charge in [-0.15, -0.1) is 10.2 Å². The molecule has 0 saturated carbocycles. The molecule has 6 heteroatoms. The van der Waals surface area contributed by atoms with Crippen LogP contribution in [0.5, 0.6) is 0 Å². The SMILES string of the molecule is Cn1cnnc1CC1(O)CCCN(C(=O)C#CC(C)(C)C)C1. The Morgan fingerprint density at radius 2 is 2.23 bits per heavy atom. The van der Waals surface area contributed by atoms with Gasteiger partial charge in [0.1, 0.15) is 12.2 Å². The van der Waals surface area contributed by atoms with Gasteiger partial charge in [0.15, 0.2) is 0 Å². The Morgan fingerprint density at radius 3 is 2.82 bits per heavy atom. The van der Waals surface area contributed by atoms with Gasteiger partial charge in [-0.1, -0.05) is 5.92 Å². The number of aromatic nitrogens is 3. The molecule has 120 valence electrons. The van der Waals surface area contributed by atoms with Crippen molar-refractivity contribution in [1.82, 2.24) is 19.7 Å². The first-order valence-electron chi connectivity index (χ1n) is 7.56. The molecular formula is C16H24N4O2. The van der Waals surface area contributed by atoms with Crippen molar-refractivity contribution >= 4 is 5.91 Å². The number of hydrogen-bond donors (Lipinski definition) is 1. The van der Waals surface area contributed by atoms with Crippen molar-refractivity contribution < 1.29 is 9.90 Å². The highest BCUT2D eigenvalue weighted by atomic mass is 16.3. The second-order valence-corrected chi connectivity index (χ2v) is 7.09. The third-order valence-electron chi connectivity index (χ3n) is 3.68. The van der Waals surface area contributed by atoms with Crippen LogP contribution in [0.25, 0.3) is 0 Å². The number of nitrogens with zero attached hydrogens (tertiary/aromatic N) is 4. The summed E-state index contributed by atoms with van der Waals surface area (Å²) in [7, 11) is 1.85. The van der Waals surface area contributed by atoms with Crippen LogP contribution < -0.4 is 0 Å². The average Bonchev–Trinajstić information content (AvgIpc) is 2.80. The molecule has 1 aliphatic heterocycles. The van der Waals surface area contributed by atoms with E-state index in [0.717, 1.165) is 12.2 Å². The number of rotatable bonds is 2. The molecule has 0 spiro atoms. The second kappa shape index (κ2) is 6.09. The highest BCUT2D eigenvalue weighted by Gasteiger charge is 2.36. The number of β-amino-alcohol motifs (C(OH)–C–C–N with tert-alkyl or cyclic N) is 1. The summed E-state index contributed by atoms with van der Waals surface area (Å²) in [5.74, 6) is 6.15. The molecule has 1 saturated heterocycles. The van der Waals surface area contributed by atoms with Crippen LogP contribution in [0.2, 0.25) is 0 Å². The van der Waals surface area contributed by atoms with Crippen molar-refractivity contribution in [2.24, 2.45) is 12.5 Å². The van der Waals surface area contributed by atoms with Crippen molar-refractivity contribution in [2.45, 2.75) is 45.6 Å². The van der Waals surface area contributed by atoms with Gasteiger partial charge >= 0.3 is 0 Å². The zero-order valence-corrected chi connectivity index (χ0v) is 13.8. The molecule has 1 aromatic heterocycles. The standard InChI is InChI=1S/C16H24N4O2/c1-15(2,3)8-6-14(21)20-9-5-7-16(22,11-20)10-13-18-17-12-19(13)4/h12,22H,5,7,9-11H2,1-4H3. The molecule has 22 heavy (non-hydrogen) atoms. The summed E-state index contributed by atoms with van der Waals surface area (Å²) < 4.78 is 1.79. The Morgan fingerprint density at radius 1 is 1.50 bits per heavy atom. The number of carbonyl (C=O) groups is 1. The Bertz CT molecular complexity index is 606. The van der Waals surface area contributed by atoms with Gasteiger partial charge in [-0.2, -0.15) is 0 Å². The van der Waals surface area contributed by atoms with E-state index in [0.29, 0.717) is 19.4 Å². The largest absolute Gasteiger partial charge is 0.388 e. The maximum Gasteiger partial charge on any atom is 0.298 e. The lowest BCUT2D eigenvalue weighted by Gasteiger charge is -2.38. The second-order valence-electron chi connectivity index (χ2n) is 7.09. The zero-order valence-electron chi connectivity index (χ0n) is 13.8. The molecule has 0 bridgehead atoms. The fourth-order valence-corrected chi connectivity index (χ4v) is 2.51. The number of carbonyl (C=O) groups excluding carboxylic acids is 1. The molecule has 2 rings (SSSR count). The molecular weight excluding hydrogens is 280 g/mol. The van der Waals surface area contributed by atoms with Gasteiger partial charge in [-0.3, -0.25) is 4.79 Å². The summed E-state index contributed by atoms with van der Waals surface area (Å²) in [4.78, 5) is 13.8. The lowest BCUT2D eigenvalue weighted by molar-refractivity contribution is -0.132. The Kier molecular flexibility index (Phi) is 4.57. The first-order chi connectivity index (χ1) is 10.2. The molecule has 1 fully saturated rings. The maximum absolute atomic E-state index is 12.2. The van der Waals surface area contributed by atoms with Crippen LogP contribution >= 0.6 is 0 Å². The molecule has 2 heterocycles. The first kappa shape index (κ1) is 16.5. The van der Waals surface area contributed by atoms with E-state index >= 15 is 0 Å². The van der Waals surface area contributed by atoms with Gasteiger partial charge in [-0.25, -0.2) is 0 Å². The van der Waals surface area contributed by atoms with Crippen LogP contribution in [0.15, 0.2) is 6.33 Å². The summed E-state index contributed by atoms with van der Waals surface area (Å²) >= 11 is 0. The van der Waals surface area contributed by atoms with E-state index in [9.17, 15) is 9.90 Å². The fourth-order valence-electron chi connectivity index (χ4n) is 2.51. The van der Waals surface area contributed by atoms with Crippen molar-refractivity contribution in [3.05, 3.63) is 12.2 Å². The number of aryl methyl sites for hydroxylation is 1. The third kappa shape index (κ3) is 4.31. The van der Waals surface area contributed by atoms with Gasteiger partial charge in [-0.05, 0) is 39.5 Å². The molecule has 1 N–H and O–H groups in total. The number of likely N-dealkylation sites (tertiary alicyclic amines) is 1. The molecule has 0 aliphatic carbocycles. The summed E-state index contributed by atoms with van der Waals surface area (Å²) in [6.45, 7) is 6.83. The van der Waals surface area contributed by atoms with Gasteiger partial charge < -0.3 is 14.6 Å². The zero-order chi connectivity index (χ0) is 16.4. The Labute approximate surface area is 131 Å². The smallest absolute Gasteiger partial charge is 0.298 e. The number of hydrogen-bond acceptors (Lipinski definition) is 4. The van der Waals surface area contributed by atoms with Crippen LogP contribution in [0.4, 0.5) is 0 Å². The van der Waals surface area contributed by atoms with Crippen LogP contribution in [-0.2, 0) is 18.3 Å². The molecule has 1 atom stereocenters. The van der Waals surface area contributed by atoms with E-state index in [2.05, 4.69) is 22.0 Å². The van der Waals surface area contributed by atoms with Gasteiger partial charge in [0.2, 0.25) is 0 Å². The minimum atomic E-state index is -0.960. The fraction of sp³-hybridized carbons (Fsp3) is 0.688. The van der Waals surface area contributed by atoms with Crippen molar-refractivity contribution in [1.29, 1.82) is 0 Å². The summed E-state index contributed by atoms with van der Waals surface area (Å²) in [5, 5.41) is 18.6.